The Morgan fingerprint density at radius 1 is 1.19 bits per heavy atom. The molecule has 0 spiro atoms. The van der Waals surface area contributed by atoms with Gasteiger partial charge in [-0.25, -0.2) is 9.78 Å². The van der Waals surface area contributed by atoms with Gasteiger partial charge in [0.05, 0.1) is 29.6 Å². The van der Waals surface area contributed by atoms with Crippen molar-refractivity contribution in [3.8, 4) is 0 Å². The minimum atomic E-state index is -1.65. The number of amides is 2. The number of nitro benzene ring substituents is 1. The van der Waals surface area contributed by atoms with Gasteiger partial charge in [-0.15, -0.1) is 0 Å². The first-order chi connectivity index (χ1) is 17.4. The normalized spacial score (nSPS) is 13.1. The first-order valence-corrected chi connectivity index (χ1v) is 10.9. The zero-order valence-electron chi connectivity index (χ0n) is 19.7. The third kappa shape index (κ3) is 8.50. The minimum absolute atomic E-state index is 0.0639. The van der Waals surface area contributed by atoms with Gasteiger partial charge in [0.2, 0.25) is 5.91 Å². The molecule has 0 saturated carbocycles. The lowest BCUT2D eigenvalue weighted by Crippen LogP contribution is -2.51. The summed E-state index contributed by atoms with van der Waals surface area (Å²) in [4.78, 5) is 77.6. The van der Waals surface area contributed by atoms with E-state index in [-0.39, 0.29) is 12.0 Å². The van der Waals surface area contributed by atoms with Crippen LogP contribution in [-0.4, -0.2) is 73.3 Å². The average molecular weight is 518 g/mol. The number of benzene rings is 1. The summed E-state index contributed by atoms with van der Waals surface area (Å²) in [5.41, 5.74) is 5.85. The van der Waals surface area contributed by atoms with Gasteiger partial charge in [-0.05, 0) is 18.6 Å². The Labute approximate surface area is 209 Å². The first kappa shape index (κ1) is 28.6. The van der Waals surface area contributed by atoms with Crippen LogP contribution in [0, 0.1) is 23.0 Å². The molecule has 37 heavy (non-hydrogen) atoms. The highest BCUT2D eigenvalue weighted by atomic mass is 16.6. The summed E-state index contributed by atoms with van der Waals surface area (Å²) in [6.45, 7) is 0.999. The zero-order chi connectivity index (χ0) is 27.7. The number of nitro groups is 1. The van der Waals surface area contributed by atoms with Crippen molar-refractivity contribution in [1.82, 2.24) is 20.6 Å². The fraction of sp³-hybridized carbons (Fsp3) is 0.364. The van der Waals surface area contributed by atoms with Crippen molar-refractivity contribution in [2.75, 3.05) is 6.54 Å². The highest BCUT2D eigenvalue weighted by molar-refractivity contribution is 5.99. The number of carbonyl (C=O) groups excluding carboxylic acids is 3. The number of hydrogen-bond acceptors (Lipinski definition) is 9. The van der Waals surface area contributed by atoms with E-state index >= 15 is 0 Å². The summed E-state index contributed by atoms with van der Waals surface area (Å²) < 4.78 is 0. The summed E-state index contributed by atoms with van der Waals surface area (Å²) in [6, 6.07) is 0.848. The average Bonchev–Trinajstić information content (AvgIpc) is 3.33. The van der Waals surface area contributed by atoms with Crippen LogP contribution in [0.2, 0.25) is 0 Å². The number of hydrogen-bond donors (Lipinski definition) is 6. The van der Waals surface area contributed by atoms with Crippen LogP contribution in [0.25, 0.3) is 0 Å². The number of carboxylic acid groups (broad SMARTS) is 2. The van der Waals surface area contributed by atoms with Gasteiger partial charge in [-0.2, -0.15) is 0 Å². The Hall–Kier alpha value is -4.66. The molecular weight excluding hydrogens is 492 g/mol. The molecule has 2 amide bonds. The molecular formula is C22H26N6O9. The molecule has 15 heteroatoms. The van der Waals surface area contributed by atoms with Gasteiger partial charge in [0.15, 0.2) is 5.78 Å². The monoisotopic (exact) mass is 518 g/mol. The lowest BCUT2D eigenvalue weighted by Gasteiger charge is -2.21. The van der Waals surface area contributed by atoms with E-state index in [0.717, 1.165) is 6.07 Å². The Balaban J connectivity index is 2.14. The second-order valence-electron chi connectivity index (χ2n) is 8.24. The second-order valence-corrected chi connectivity index (χ2v) is 8.24. The van der Waals surface area contributed by atoms with Crippen LogP contribution < -0.4 is 16.4 Å². The molecule has 0 aliphatic heterocycles. The highest BCUT2D eigenvalue weighted by Crippen LogP contribution is 2.20. The maximum Gasteiger partial charge on any atom is 0.328 e. The van der Waals surface area contributed by atoms with E-state index in [1.165, 1.54) is 24.7 Å². The van der Waals surface area contributed by atoms with E-state index in [2.05, 4.69) is 20.6 Å². The number of carbonyl (C=O) groups is 5. The zero-order valence-corrected chi connectivity index (χ0v) is 19.7. The number of nitrogens with one attached hydrogen (secondary N) is 3. The number of aromatic nitrogens is 2. The number of nitrogens with zero attached hydrogens (tertiary/aromatic N) is 2. The quantitative estimate of drug-likeness (QED) is 0.138. The number of Topliss-reactive ketones (excluding diaryl/α,β-unsaturated/α-hetero) is 1. The molecule has 1 aromatic heterocycles. The molecule has 0 fully saturated rings. The standard InChI is InChI=1S/C22H26N6O9/c1-11-2-3-17(28(36)37)14(4-11)21(33)25-9-16(22(34)35)27-20(32)12(5-13-8-24-10-26-13)6-18(29)15(23)7-19(30)31/h2-4,8,10,12,15-16H,5-7,9,23H2,1H3,(H,24,26)(H,25,33)(H,27,32)(H,30,31)(H,34,35). The molecule has 3 atom stereocenters. The summed E-state index contributed by atoms with van der Waals surface area (Å²) in [6.07, 6.45) is 1.54. The Bertz CT molecular complexity index is 1180. The van der Waals surface area contributed by atoms with Gasteiger partial charge in [-0.1, -0.05) is 6.07 Å². The Morgan fingerprint density at radius 3 is 2.46 bits per heavy atom. The van der Waals surface area contributed by atoms with E-state index < -0.39 is 77.5 Å². The number of rotatable bonds is 14. The Kier molecular flexibility index (Phi) is 9.94. The molecule has 1 aromatic carbocycles. The van der Waals surface area contributed by atoms with Gasteiger partial charge in [0.1, 0.15) is 11.6 Å². The van der Waals surface area contributed by atoms with Gasteiger partial charge in [0, 0.05) is 37.3 Å². The molecule has 198 valence electrons. The number of aliphatic carboxylic acids is 2. The van der Waals surface area contributed by atoms with Crippen LogP contribution in [0.3, 0.4) is 0 Å². The number of ketones is 1. The van der Waals surface area contributed by atoms with Crippen LogP contribution in [0.4, 0.5) is 5.69 Å². The summed E-state index contributed by atoms with van der Waals surface area (Å²) >= 11 is 0. The third-order valence-electron chi connectivity index (χ3n) is 5.32. The largest absolute Gasteiger partial charge is 0.481 e. The molecule has 0 aliphatic carbocycles. The number of carboxylic acids is 2. The SMILES string of the molecule is Cc1ccc([N+](=O)[O-])c(C(=O)NCC(NC(=O)C(CC(=O)C(N)CC(=O)O)Cc2cnc[nH]2)C(=O)O)c1. The fourth-order valence-corrected chi connectivity index (χ4v) is 3.39. The van der Waals surface area contributed by atoms with Crippen LogP contribution in [0.5, 0.6) is 0 Å². The molecule has 2 aromatic rings. The molecule has 0 saturated heterocycles. The Morgan fingerprint density at radius 2 is 1.89 bits per heavy atom. The summed E-state index contributed by atoms with van der Waals surface area (Å²) in [5.74, 6) is -6.45. The number of aromatic amines is 1. The molecule has 0 aliphatic rings. The van der Waals surface area contributed by atoms with E-state index in [0.29, 0.717) is 11.3 Å². The van der Waals surface area contributed by atoms with E-state index in [1.807, 2.05) is 0 Å². The minimum Gasteiger partial charge on any atom is -0.481 e. The van der Waals surface area contributed by atoms with Gasteiger partial charge in [0.25, 0.3) is 11.6 Å². The van der Waals surface area contributed by atoms with Crippen molar-refractivity contribution in [3.05, 3.63) is 57.7 Å². The van der Waals surface area contributed by atoms with Gasteiger partial charge < -0.3 is 31.6 Å². The smallest absolute Gasteiger partial charge is 0.328 e. The predicted molar refractivity (Wildman–Crippen MR) is 125 cm³/mol. The van der Waals surface area contributed by atoms with Gasteiger partial charge >= 0.3 is 11.9 Å². The lowest BCUT2D eigenvalue weighted by atomic mass is 9.92. The van der Waals surface area contributed by atoms with Crippen LogP contribution in [-0.2, 0) is 25.6 Å². The molecule has 2 rings (SSSR count). The van der Waals surface area contributed by atoms with Crippen LogP contribution in [0.15, 0.2) is 30.7 Å². The van der Waals surface area contributed by atoms with Crippen molar-refractivity contribution in [1.29, 1.82) is 0 Å². The molecule has 0 bridgehead atoms. The van der Waals surface area contributed by atoms with Crippen molar-refractivity contribution < 1.29 is 39.1 Å². The van der Waals surface area contributed by atoms with E-state index in [4.69, 9.17) is 10.8 Å². The lowest BCUT2D eigenvalue weighted by molar-refractivity contribution is -0.385. The van der Waals surface area contributed by atoms with Crippen molar-refractivity contribution >= 4 is 35.2 Å². The van der Waals surface area contributed by atoms with E-state index in [9.17, 15) is 39.2 Å². The summed E-state index contributed by atoms with van der Waals surface area (Å²) in [7, 11) is 0. The van der Waals surface area contributed by atoms with Crippen LogP contribution >= 0.6 is 0 Å². The molecule has 1 heterocycles. The van der Waals surface area contributed by atoms with Crippen LogP contribution in [0.1, 0.15) is 34.5 Å². The number of imidazole rings is 1. The molecule has 0 radical (unpaired) electrons. The molecule has 7 N–H and O–H groups in total. The van der Waals surface area contributed by atoms with Crippen molar-refractivity contribution in [2.45, 2.75) is 38.3 Å². The maximum atomic E-state index is 12.9. The maximum absolute atomic E-state index is 12.9. The first-order valence-electron chi connectivity index (χ1n) is 10.9. The fourth-order valence-electron chi connectivity index (χ4n) is 3.39. The third-order valence-corrected chi connectivity index (χ3v) is 5.32. The summed E-state index contributed by atoms with van der Waals surface area (Å²) in [5, 5.41) is 34.1. The molecule has 15 nitrogen and oxygen atoms in total. The number of H-pyrrole nitrogens is 1. The van der Waals surface area contributed by atoms with Gasteiger partial charge in [-0.3, -0.25) is 29.3 Å². The van der Waals surface area contributed by atoms with Crippen molar-refractivity contribution in [2.24, 2.45) is 11.7 Å². The van der Waals surface area contributed by atoms with E-state index in [1.54, 1.807) is 6.92 Å². The number of nitrogens with two attached hydrogens (primary N) is 1. The highest BCUT2D eigenvalue weighted by Gasteiger charge is 2.30. The molecule has 3 unspecified atom stereocenters. The topological polar surface area (TPSA) is 248 Å². The second kappa shape index (κ2) is 12.9. The van der Waals surface area contributed by atoms with Crippen molar-refractivity contribution in [3.63, 3.8) is 0 Å². The number of aryl methyl sites for hydroxylation is 1. The predicted octanol–water partition coefficient (Wildman–Crippen LogP) is -0.454.